The summed E-state index contributed by atoms with van der Waals surface area (Å²) in [6.45, 7) is 1.94. The van der Waals surface area contributed by atoms with Crippen LogP contribution in [-0.2, 0) is 0 Å². The molecule has 3 rings (SSSR count). The normalized spacial score (nSPS) is 10.3. The van der Waals surface area contributed by atoms with E-state index in [1.807, 2.05) is 25.1 Å². The van der Waals surface area contributed by atoms with E-state index >= 15 is 0 Å². The monoisotopic (exact) mass is 305 g/mol. The van der Waals surface area contributed by atoms with Gasteiger partial charge in [0.05, 0.1) is 0 Å². The van der Waals surface area contributed by atoms with E-state index in [4.69, 9.17) is 5.73 Å². The maximum Gasteiger partial charge on any atom is 0.248 e. The Morgan fingerprint density at radius 3 is 2.78 bits per heavy atom. The van der Waals surface area contributed by atoms with Crippen LogP contribution in [0.25, 0.3) is 11.4 Å². The fourth-order valence-electron chi connectivity index (χ4n) is 2.11. The predicted octanol–water partition coefficient (Wildman–Crippen LogP) is 2.69. The van der Waals surface area contributed by atoms with Crippen LogP contribution in [0.4, 0.5) is 11.5 Å². The van der Waals surface area contributed by atoms with Crippen molar-refractivity contribution in [1.29, 1.82) is 0 Å². The second-order valence-electron chi connectivity index (χ2n) is 5.03. The quantitative estimate of drug-likeness (QED) is 0.773. The van der Waals surface area contributed by atoms with Gasteiger partial charge in [-0.25, -0.2) is 9.97 Å². The zero-order valence-corrected chi connectivity index (χ0v) is 12.5. The van der Waals surface area contributed by atoms with Crippen molar-refractivity contribution in [3.8, 4) is 11.4 Å². The third-order valence-corrected chi connectivity index (χ3v) is 3.36. The second-order valence-corrected chi connectivity index (χ2v) is 5.03. The van der Waals surface area contributed by atoms with E-state index in [1.54, 1.807) is 36.8 Å². The molecule has 2 heterocycles. The number of aryl methyl sites for hydroxylation is 1. The molecule has 0 atom stereocenters. The number of primary amides is 1. The lowest BCUT2D eigenvalue weighted by Gasteiger charge is -2.10. The van der Waals surface area contributed by atoms with Crippen LogP contribution < -0.4 is 11.1 Å². The fourth-order valence-corrected chi connectivity index (χ4v) is 2.11. The van der Waals surface area contributed by atoms with Gasteiger partial charge in [0.15, 0.2) is 5.82 Å². The number of rotatable bonds is 4. The van der Waals surface area contributed by atoms with Crippen LogP contribution in [0.2, 0.25) is 0 Å². The summed E-state index contributed by atoms with van der Waals surface area (Å²) in [5, 5.41) is 3.20. The van der Waals surface area contributed by atoms with Gasteiger partial charge in [0.1, 0.15) is 5.82 Å². The molecule has 1 aromatic carbocycles. The molecule has 0 spiro atoms. The van der Waals surface area contributed by atoms with Crippen LogP contribution in [0.1, 0.15) is 15.9 Å². The van der Waals surface area contributed by atoms with Crippen LogP contribution in [0.3, 0.4) is 0 Å². The van der Waals surface area contributed by atoms with Crippen molar-refractivity contribution in [3.63, 3.8) is 0 Å². The fraction of sp³-hybridized carbons (Fsp3) is 0.0588. The van der Waals surface area contributed by atoms with Crippen molar-refractivity contribution in [2.75, 3.05) is 5.32 Å². The first-order valence-electron chi connectivity index (χ1n) is 7.04. The Labute approximate surface area is 133 Å². The Hall–Kier alpha value is -3.28. The molecule has 0 aliphatic carbocycles. The summed E-state index contributed by atoms with van der Waals surface area (Å²) < 4.78 is 0. The van der Waals surface area contributed by atoms with Gasteiger partial charge in [-0.05, 0) is 42.8 Å². The number of nitrogens with one attached hydrogen (secondary N) is 1. The lowest BCUT2D eigenvalue weighted by molar-refractivity contribution is 0.100. The highest BCUT2D eigenvalue weighted by Gasteiger charge is 2.07. The molecule has 0 bridgehead atoms. The van der Waals surface area contributed by atoms with Gasteiger partial charge < -0.3 is 11.1 Å². The topological polar surface area (TPSA) is 93.8 Å². The highest BCUT2D eigenvalue weighted by atomic mass is 16.1. The molecular formula is C17H15N5O. The lowest BCUT2D eigenvalue weighted by Crippen LogP contribution is -2.11. The minimum atomic E-state index is -0.466. The van der Waals surface area contributed by atoms with Gasteiger partial charge in [-0.2, -0.15) is 0 Å². The molecule has 0 unspecified atom stereocenters. The Balaban J connectivity index is 1.92. The third kappa shape index (κ3) is 3.32. The van der Waals surface area contributed by atoms with Gasteiger partial charge in [-0.1, -0.05) is 6.07 Å². The van der Waals surface area contributed by atoms with Crippen LogP contribution in [-0.4, -0.2) is 20.9 Å². The maximum atomic E-state index is 11.3. The molecule has 3 aromatic rings. The van der Waals surface area contributed by atoms with E-state index in [-0.39, 0.29) is 0 Å². The number of amides is 1. The SMILES string of the molecule is Cc1ccc(C(N)=O)cc1Nc1ccnc(-c2cccnc2)n1. The number of anilines is 2. The number of aromatic nitrogens is 3. The highest BCUT2D eigenvalue weighted by Crippen LogP contribution is 2.22. The first-order chi connectivity index (χ1) is 11.1. The van der Waals surface area contributed by atoms with Crippen LogP contribution in [0, 0.1) is 6.92 Å². The molecule has 6 heteroatoms. The van der Waals surface area contributed by atoms with E-state index in [0.717, 1.165) is 16.8 Å². The van der Waals surface area contributed by atoms with Crippen molar-refractivity contribution < 1.29 is 4.79 Å². The first kappa shape index (κ1) is 14.6. The number of benzene rings is 1. The number of nitrogens with zero attached hydrogens (tertiary/aromatic N) is 3. The minimum absolute atomic E-state index is 0.444. The summed E-state index contributed by atoms with van der Waals surface area (Å²) in [4.78, 5) is 24.1. The maximum absolute atomic E-state index is 11.3. The van der Waals surface area contributed by atoms with Gasteiger partial charge >= 0.3 is 0 Å². The van der Waals surface area contributed by atoms with Crippen LogP contribution in [0.5, 0.6) is 0 Å². The summed E-state index contributed by atoms with van der Waals surface area (Å²) in [7, 11) is 0. The molecule has 3 N–H and O–H groups in total. The Bertz CT molecular complexity index is 849. The molecule has 1 amide bonds. The summed E-state index contributed by atoms with van der Waals surface area (Å²) in [6, 6.07) is 10.7. The molecule has 0 fully saturated rings. The Morgan fingerprint density at radius 2 is 2.04 bits per heavy atom. The molecule has 114 valence electrons. The largest absolute Gasteiger partial charge is 0.366 e. The van der Waals surface area contributed by atoms with Crippen molar-refractivity contribution in [2.45, 2.75) is 6.92 Å². The molecule has 2 aromatic heterocycles. The first-order valence-corrected chi connectivity index (χ1v) is 7.04. The van der Waals surface area contributed by atoms with Crippen LogP contribution >= 0.6 is 0 Å². The average Bonchev–Trinajstić information content (AvgIpc) is 2.58. The van der Waals surface area contributed by atoms with Crippen LogP contribution in [0.15, 0.2) is 55.0 Å². The predicted molar refractivity (Wildman–Crippen MR) is 88.2 cm³/mol. The molecule has 23 heavy (non-hydrogen) atoms. The number of carbonyl (C=O) groups is 1. The number of nitrogens with two attached hydrogens (primary N) is 1. The molecule has 0 radical (unpaired) electrons. The summed E-state index contributed by atoms with van der Waals surface area (Å²) in [6.07, 6.45) is 5.08. The molecule has 0 aliphatic heterocycles. The average molecular weight is 305 g/mol. The van der Waals surface area contributed by atoms with E-state index in [9.17, 15) is 4.79 Å². The summed E-state index contributed by atoms with van der Waals surface area (Å²) in [5.41, 5.74) is 8.36. The molecule has 6 nitrogen and oxygen atoms in total. The number of hydrogen-bond donors (Lipinski definition) is 2. The Morgan fingerprint density at radius 1 is 1.17 bits per heavy atom. The van der Waals surface area contributed by atoms with Crippen molar-refractivity contribution in [3.05, 3.63) is 66.1 Å². The lowest BCUT2D eigenvalue weighted by atomic mass is 10.1. The number of carbonyl (C=O) groups excluding carboxylic acids is 1. The van der Waals surface area contributed by atoms with Gasteiger partial charge in [0, 0.05) is 35.4 Å². The summed E-state index contributed by atoms with van der Waals surface area (Å²) in [5.74, 6) is 0.738. The highest BCUT2D eigenvalue weighted by molar-refractivity contribution is 5.94. The third-order valence-electron chi connectivity index (χ3n) is 3.36. The van der Waals surface area contributed by atoms with E-state index in [0.29, 0.717) is 17.2 Å². The van der Waals surface area contributed by atoms with Gasteiger partial charge in [0.2, 0.25) is 5.91 Å². The minimum Gasteiger partial charge on any atom is -0.366 e. The smallest absolute Gasteiger partial charge is 0.248 e. The number of hydrogen-bond acceptors (Lipinski definition) is 5. The molecule has 0 saturated carbocycles. The van der Waals surface area contributed by atoms with Gasteiger partial charge in [-0.3, -0.25) is 9.78 Å². The second kappa shape index (κ2) is 6.23. The number of pyridine rings is 1. The van der Waals surface area contributed by atoms with Crippen molar-refractivity contribution >= 4 is 17.4 Å². The van der Waals surface area contributed by atoms with E-state index < -0.39 is 5.91 Å². The van der Waals surface area contributed by atoms with E-state index in [1.165, 1.54) is 0 Å². The van der Waals surface area contributed by atoms with Gasteiger partial charge in [-0.15, -0.1) is 0 Å². The molecule has 0 aliphatic rings. The van der Waals surface area contributed by atoms with E-state index in [2.05, 4.69) is 20.3 Å². The summed E-state index contributed by atoms with van der Waals surface area (Å²) >= 11 is 0. The molecule has 0 saturated heterocycles. The van der Waals surface area contributed by atoms with Crippen molar-refractivity contribution in [2.24, 2.45) is 5.73 Å². The standard InChI is InChI=1S/C17H15N5O/c1-11-4-5-12(16(18)23)9-14(11)21-15-6-8-20-17(22-15)13-3-2-7-19-10-13/h2-10H,1H3,(H2,18,23)(H,20,21,22). The van der Waals surface area contributed by atoms with Crippen molar-refractivity contribution in [1.82, 2.24) is 15.0 Å². The molecular weight excluding hydrogens is 290 g/mol. The zero-order chi connectivity index (χ0) is 16.2. The van der Waals surface area contributed by atoms with Gasteiger partial charge in [0.25, 0.3) is 0 Å². The Kier molecular flexibility index (Phi) is 3.97. The zero-order valence-electron chi connectivity index (χ0n) is 12.5.